The van der Waals surface area contributed by atoms with Crippen molar-refractivity contribution in [3.8, 4) is 0 Å². The van der Waals surface area contributed by atoms with Gasteiger partial charge in [0.25, 0.3) is 11.6 Å². The Hall–Kier alpha value is -1.43. The van der Waals surface area contributed by atoms with Crippen molar-refractivity contribution in [3.05, 3.63) is 38.3 Å². The summed E-state index contributed by atoms with van der Waals surface area (Å²) in [7, 11) is 0. The highest BCUT2D eigenvalue weighted by molar-refractivity contribution is 9.10. The average Bonchev–Trinajstić information content (AvgIpc) is 2.37. The fourth-order valence-corrected chi connectivity index (χ4v) is 3.51. The molecule has 1 aliphatic carbocycles. The Balaban J connectivity index is 2.14. The van der Waals surface area contributed by atoms with Crippen molar-refractivity contribution in [2.24, 2.45) is 5.41 Å². The number of nitrogens with zero attached hydrogens (tertiary/aromatic N) is 1. The summed E-state index contributed by atoms with van der Waals surface area (Å²) >= 11 is 3.17. The van der Waals surface area contributed by atoms with Crippen LogP contribution in [0.15, 0.2) is 22.7 Å². The highest BCUT2D eigenvalue weighted by Crippen LogP contribution is 2.35. The van der Waals surface area contributed by atoms with E-state index in [-0.39, 0.29) is 27.5 Å². The Kier molecular flexibility index (Phi) is 4.66. The number of hydrogen-bond donors (Lipinski definition) is 1. The van der Waals surface area contributed by atoms with Crippen molar-refractivity contribution < 1.29 is 9.72 Å². The van der Waals surface area contributed by atoms with Crippen LogP contribution in [0.2, 0.25) is 0 Å². The Bertz CT molecular complexity index is 572. The molecule has 0 aromatic heterocycles. The first-order valence-corrected chi connectivity index (χ1v) is 7.83. The van der Waals surface area contributed by atoms with Crippen LogP contribution in [-0.2, 0) is 0 Å². The number of hydrogen-bond acceptors (Lipinski definition) is 3. The van der Waals surface area contributed by atoms with Crippen LogP contribution in [-0.4, -0.2) is 16.9 Å². The van der Waals surface area contributed by atoms with Crippen LogP contribution in [0.4, 0.5) is 5.69 Å². The molecule has 0 radical (unpaired) electrons. The number of nitrogens with one attached hydrogen (secondary N) is 1. The van der Waals surface area contributed by atoms with Gasteiger partial charge in [-0.05, 0) is 46.7 Å². The molecule has 0 aliphatic heterocycles. The number of nitro groups is 1. The third-order valence-corrected chi connectivity index (χ3v) is 4.79. The maximum Gasteiger partial charge on any atom is 0.284 e. The van der Waals surface area contributed by atoms with E-state index in [2.05, 4.69) is 35.1 Å². The second-order valence-corrected chi connectivity index (χ2v) is 7.12. The lowest BCUT2D eigenvalue weighted by Crippen LogP contribution is -2.40. The first kappa shape index (κ1) is 15.9. The molecule has 0 bridgehead atoms. The van der Waals surface area contributed by atoms with Gasteiger partial charge >= 0.3 is 0 Å². The second kappa shape index (κ2) is 6.13. The molecule has 6 heteroatoms. The van der Waals surface area contributed by atoms with Crippen molar-refractivity contribution >= 4 is 27.5 Å². The van der Waals surface area contributed by atoms with Crippen molar-refractivity contribution in [3.63, 3.8) is 0 Å². The van der Waals surface area contributed by atoms with E-state index in [1.807, 2.05) is 0 Å². The van der Waals surface area contributed by atoms with E-state index in [0.717, 1.165) is 19.3 Å². The molecule has 1 aromatic carbocycles. The normalized spacial score (nSPS) is 20.8. The molecule has 114 valence electrons. The van der Waals surface area contributed by atoms with Gasteiger partial charge in [-0.2, -0.15) is 0 Å². The quantitative estimate of drug-likeness (QED) is 0.657. The van der Waals surface area contributed by atoms with Crippen molar-refractivity contribution in [2.45, 2.75) is 45.6 Å². The van der Waals surface area contributed by atoms with E-state index in [9.17, 15) is 14.9 Å². The van der Waals surface area contributed by atoms with Gasteiger partial charge in [-0.3, -0.25) is 14.9 Å². The minimum absolute atomic E-state index is 0.0911. The molecule has 5 nitrogen and oxygen atoms in total. The fraction of sp³-hybridized carbons (Fsp3) is 0.533. The van der Waals surface area contributed by atoms with Gasteiger partial charge in [0.05, 0.1) is 10.5 Å². The van der Waals surface area contributed by atoms with Crippen LogP contribution < -0.4 is 5.32 Å². The zero-order valence-electron chi connectivity index (χ0n) is 12.2. The van der Waals surface area contributed by atoms with Gasteiger partial charge in [-0.1, -0.05) is 26.3 Å². The van der Waals surface area contributed by atoms with E-state index in [1.54, 1.807) is 6.07 Å². The Morgan fingerprint density at radius 3 is 2.81 bits per heavy atom. The lowest BCUT2D eigenvalue weighted by atomic mass is 9.75. The summed E-state index contributed by atoms with van der Waals surface area (Å²) in [4.78, 5) is 22.8. The third kappa shape index (κ3) is 3.81. The Morgan fingerprint density at radius 2 is 2.19 bits per heavy atom. The molecule has 0 spiro atoms. The zero-order valence-corrected chi connectivity index (χ0v) is 13.8. The summed E-state index contributed by atoms with van der Waals surface area (Å²) < 4.78 is 0.238. The van der Waals surface area contributed by atoms with Crippen molar-refractivity contribution in [2.75, 3.05) is 0 Å². The molecule has 1 aliphatic rings. The maximum atomic E-state index is 12.4. The number of halogens is 1. The number of nitro benzene ring substituents is 1. The summed E-state index contributed by atoms with van der Waals surface area (Å²) in [6, 6.07) is 4.64. The molecular formula is C15H19BrN2O3. The van der Waals surface area contributed by atoms with Gasteiger partial charge in [-0.15, -0.1) is 0 Å². The molecule has 1 amide bonds. The molecule has 1 saturated carbocycles. The smallest absolute Gasteiger partial charge is 0.284 e. The maximum absolute atomic E-state index is 12.4. The summed E-state index contributed by atoms with van der Waals surface area (Å²) in [5.74, 6) is -0.256. The molecular weight excluding hydrogens is 336 g/mol. The standard InChI is InChI=1S/C15H19BrN2O3/c1-15(2)8-4-5-10(9-15)17-14(19)11-6-3-7-12(13(11)16)18(20)21/h3,6-7,10H,4-5,8-9H2,1-2H3,(H,17,19). The minimum atomic E-state index is -0.495. The Morgan fingerprint density at radius 1 is 1.48 bits per heavy atom. The number of benzene rings is 1. The third-order valence-electron chi connectivity index (χ3n) is 3.96. The molecule has 1 fully saturated rings. The monoisotopic (exact) mass is 354 g/mol. The largest absolute Gasteiger partial charge is 0.349 e. The van der Waals surface area contributed by atoms with Crippen LogP contribution in [0, 0.1) is 15.5 Å². The van der Waals surface area contributed by atoms with E-state index in [4.69, 9.17) is 0 Å². The van der Waals surface area contributed by atoms with E-state index in [1.165, 1.54) is 18.6 Å². The molecule has 1 N–H and O–H groups in total. The minimum Gasteiger partial charge on any atom is -0.349 e. The fourth-order valence-electron chi connectivity index (χ4n) is 2.92. The average molecular weight is 355 g/mol. The molecule has 21 heavy (non-hydrogen) atoms. The molecule has 0 heterocycles. The molecule has 0 saturated heterocycles. The number of amides is 1. The van der Waals surface area contributed by atoms with Crippen molar-refractivity contribution in [1.82, 2.24) is 5.32 Å². The van der Waals surface area contributed by atoms with E-state index in [0.29, 0.717) is 5.56 Å². The Labute approximate surface area is 132 Å². The van der Waals surface area contributed by atoms with Crippen LogP contribution in [0.25, 0.3) is 0 Å². The van der Waals surface area contributed by atoms with Crippen LogP contribution in [0.3, 0.4) is 0 Å². The highest BCUT2D eigenvalue weighted by atomic mass is 79.9. The molecule has 1 aromatic rings. The number of carbonyl (C=O) groups is 1. The summed E-state index contributed by atoms with van der Waals surface area (Å²) in [5, 5.41) is 13.9. The zero-order chi connectivity index (χ0) is 15.6. The first-order chi connectivity index (χ1) is 9.80. The first-order valence-electron chi connectivity index (χ1n) is 7.04. The van der Waals surface area contributed by atoms with Gasteiger partial charge in [0, 0.05) is 12.1 Å². The van der Waals surface area contributed by atoms with E-state index < -0.39 is 4.92 Å². The van der Waals surface area contributed by atoms with Crippen LogP contribution in [0.5, 0.6) is 0 Å². The number of rotatable bonds is 3. The summed E-state index contributed by atoms with van der Waals surface area (Å²) in [6.45, 7) is 4.41. The lowest BCUT2D eigenvalue weighted by Gasteiger charge is -2.35. The summed E-state index contributed by atoms with van der Waals surface area (Å²) in [6.07, 6.45) is 4.15. The van der Waals surface area contributed by atoms with Crippen LogP contribution >= 0.6 is 15.9 Å². The van der Waals surface area contributed by atoms with Gasteiger partial charge in [0.2, 0.25) is 0 Å². The van der Waals surface area contributed by atoms with Gasteiger partial charge in [0.15, 0.2) is 0 Å². The number of carbonyl (C=O) groups excluding carboxylic acids is 1. The molecule has 1 unspecified atom stereocenters. The van der Waals surface area contributed by atoms with E-state index >= 15 is 0 Å². The SMILES string of the molecule is CC1(C)CCCC(NC(=O)c2cccc([N+](=O)[O-])c2Br)C1. The van der Waals surface area contributed by atoms with Gasteiger partial charge in [-0.25, -0.2) is 0 Å². The second-order valence-electron chi connectivity index (χ2n) is 6.33. The van der Waals surface area contributed by atoms with Crippen LogP contribution in [0.1, 0.15) is 49.9 Å². The predicted molar refractivity (Wildman–Crippen MR) is 84.3 cm³/mol. The molecule has 1 atom stereocenters. The topological polar surface area (TPSA) is 72.2 Å². The highest BCUT2D eigenvalue weighted by Gasteiger charge is 2.29. The van der Waals surface area contributed by atoms with Gasteiger partial charge in [0.1, 0.15) is 4.47 Å². The van der Waals surface area contributed by atoms with Gasteiger partial charge < -0.3 is 5.32 Å². The predicted octanol–water partition coefficient (Wildman–Crippen LogP) is 4.06. The lowest BCUT2D eigenvalue weighted by molar-refractivity contribution is -0.385. The molecule has 2 rings (SSSR count). The van der Waals surface area contributed by atoms with Crippen molar-refractivity contribution in [1.29, 1.82) is 0 Å². The summed E-state index contributed by atoms with van der Waals surface area (Å²) in [5.41, 5.74) is 0.454.